The minimum Gasteiger partial charge on any atom is -0.406 e. The third-order valence-corrected chi connectivity index (χ3v) is 3.07. The first kappa shape index (κ1) is 14.5. The fourth-order valence-electron chi connectivity index (χ4n) is 1.93. The fourth-order valence-corrected chi connectivity index (χ4v) is 1.93. The third-order valence-electron chi connectivity index (χ3n) is 3.07. The Bertz CT molecular complexity index is 485. The average Bonchev–Trinajstić information content (AvgIpc) is 3.08. The highest BCUT2D eigenvalue weighted by atomic mass is 19.4. The fraction of sp³-hybridized carbons (Fsp3) is 0.462. The van der Waals surface area contributed by atoms with Gasteiger partial charge >= 0.3 is 6.36 Å². The third kappa shape index (κ3) is 4.32. The summed E-state index contributed by atoms with van der Waals surface area (Å²) >= 11 is 0. The monoisotopic (exact) mass is 287 g/mol. The van der Waals surface area contributed by atoms with E-state index in [0.29, 0.717) is 11.6 Å². The zero-order valence-electron chi connectivity index (χ0n) is 10.9. The average molecular weight is 287 g/mol. The molecule has 1 aromatic rings. The second-order valence-corrected chi connectivity index (χ2v) is 4.68. The summed E-state index contributed by atoms with van der Waals surface area (Å²) in [5, 5.41) is 2.84. The lowest BCUT2D eigenvalue weighted by Crippen LogP contribution is -2.23. The minimum absolute atomic E-state index is 0.264. The van der Waals surface area contributed by atoms with Crippen LogP contribution >= 0.6 is 0 Å². The molecule has 2 rings (SSSR count). The van der Waals surface area contributed by atoms with E-state index < -0.39 is 6.36 Å². The van der Waals surface area contributed by atoms with E-state index in [1.54, 1.807) is 0 Å². The van der Waals surface area contributed by atoms with Crippen LogP contribution in [0.2, 0.25) is 0 Å². The van der Waals surface area contributed by atoms with E-state index in [-0.39, 0.29) is 17.8 Å². The molecule has 0 amide bonds. The van der Waals surface area contributed by atoms with Crippen LogP contribution in [0.15, 0.2) is 29.3 Å². The molecule has 0 spiro atoms. The first-order valence-corrected chi connectivity index (χ1v) is 6.33. The van der Waals surface area contributed by atoms with E-state index in [9.17, 15) is 13.2 Å². The molecule has 0 radical (unpaired) electrons. The number of benzene rings is 1. The Hall–Kier alpha value is -1.92. The Labute approximate surface area is 114 Å². The van der Waals surface area contributed by atoms with Crippen molar-refractivity contribution >= 4 is 11.6 Å². The van der Waals surface area contributed by atoms with Crippen molar-refractivity contribution in [2.75, 3.05) is 5.32 Å². The van der Waals surface area contributed by atoms with Crippen molar-refractivity contribution < 1.29 is 17.9 Å². The van der Waals surface area contributed by atoms with Gasteiger partial charge in [-0.2, -0.15) is 0 Å². The highest BCUT2D eigenvalue weighted by molar-refractivity contribution is 5.92. The largest absolute Gasteiger partial charge is 0.573 e. The number of nitrogens with zero attached hydrogens (tertiary/aromatic N) is 1. The van der Waals surface area contributed by atoms with E-state index in [1.807, 2.05) is 0 Å². The molecule has 0 bridgehead atoms. The van der Waals surface area contributed by atoms with Gasteiger partial charge in [-0.3, -0.25) is 0 Å². The summed E-state index contributed by atoms with van der Waals surface area (Å²) in [5.41, 5.74) is 6.30. The van der Waals surface area contributed by atoms with Crippen LogP contribution in [0.5, 0.6) is 5.75 Å². The van der Waals surface area contributed by atoms with Crippen LogP contribution in [0, 0.1) is 5.92 Å². The maximum atomic E-state index is 12.0. The number of hydrogen-bond donors (Lipinski definition) is 2. The van der Waals surface area contributed by atoms with Gasteiger partial charge in [0.25, 0.3) is 0 Å². The Kier molecular flexibility index (Phi) is 4.06. The first-order chi connectivity index (χ1) is 9.37. The van der Waals surface area contributed by atoms with E-state index >= 15 is 0 Å². The lowest BCUT2D eigenvalue weighted by atomic mass is 10.3. The molecule has 7 heteroatoms. The van der Waals surface area contributed by atoms with Gasteiger partial charge in [-0.05, 0) is 36.6 Å². The number of alkyl halides is 3. The summed E-state index contributed by atoms with van der Waals surface area (Å²) in [7, 11) is 0. The van der Waals surface area contributed by atoms with Gasteiger partial charge in [0, 0.05) is 5.69 Å². The lowest BCUT2D eigenvalue weighted by molar-refractivity contribution is -0.274. The van der Waals surface area contributed by atoms with Crippen LogP contribution in [0.1, 0.15) is 19.8 Å². The van der Waals surface area contributed by atoms with Crippen LogP contribution in [0.4, 0.5) is 18.9 Å². The summed E-state index contributed by atoms with van der Waals surface area (Å²) in [4.78, 5) is 4.29. The predicted molar refractivity (Wildman–Crippen MR) is 70.6 cm³/mol. The van der Waals surface area contributed by atoms with E-state index in [0.717, 1.165) is 12.8 Å². The number of rotatable bonds is 4. The Morgan fingerprint density at radius 3 is 2.55 bits per heavy atom. The predicted octanol–water partition coefficient (Wildman–Crippen LogP) is 3.11. The Balaban J connectivity index is 1.90. The van der Waals surface area contributed by atoms with Crippen molar-refractivity contribution in [3.8, 4) is 5.75 Å². The maximum Gasteiger partial charge on any atom is 0.573 e. The van der Waals surface area contributed by atoms with E-state index in [2.05, 4.69) is 22.0 Å². The van der Waals surface area contributed by atoms with Crippen LogP contribution in [0.25, 0.3) is 0 Å². The van der Waals surface area contributed by atoms with Crippen molar-refractivity contribution in [3.05, 3.63) is 24.3 Å². The number of aliphatic imine (C=N–C) groups is 1. The number of hydrogen-bond acceptors (Lipinski definition) is 2. The highest BCUT2D eigenvalue weighted by Crippen LogP contribution is 2.36. The molecule has 0 unspecified atom stereocenters. The molecule has 0 heterocycles. The van der Waals surface area contributed by atoms with Crippen molar-refractivity contribution in [2.24, 2.45) is 16.6 Å². The molecule has 110 valence electrons. The molecule has 4 nitrogen and oxygen atoms in total. The molecule has 0 aliphatic heterocycles. The van der Waals surface area contributed by atoms with Crippen LogP contribution in [0.3, 0.4) is 0 Å². The van der Waals surface area contributed by atoms with Gasteiger partial charge < -0.3 is 15.8 Å². The molecule has 1 saturated carbocycles. The smallest absolute Gasteiger partial charge is 0.406 e. The molecule has 0 aromatic heterocycles. The van der Waals surface area contributed by atoms with Crippen LogP contribution < -0.4 is 15.8 Å². The quantitative estimate of drug-likeness (QED) is 0.661. The number of anilines is 1. The zero-order valence-corrected chi connectivity index (χ0v) is 10.9. The second-order valence-electron chi connectivity index (χ2n) is 4.68. The first-order valence-electron chi connectivity index (χ1n) is 6.33. The topological polar surface area (TPSA) is 59.6 Å². The van der Waals surface area contributed by atoms with E-state index in [4.69, 9.17) is 5.73 Å². The SMILES string of the molecule is CC[C@@H]1C[C@H]1N=C(N)Nc1ccc(OC(F)(F)F)cc1. The molecule has 0 saturated heterocycles. The van der Waals surface area contributed by atoms with Crippen molar-refractivity contribution in [3.63, 3.8) is 0 Å². The van der Waals surface area contributed by atoms with Crippen molar-refractivity contribution in [1.29, 1.82) is 0 Å². The molecular formula is C13H16F3N3O. The lowest BCUT2D eigenvalue weighted by Gasteiger charge is -2.10. The van der Waals surface area contributed by atoms with Gasteiger partial charge in [0.15, 0.2) is 5.96 Å². The second kappa shape index (κ2) is 5.60. The van der Waals surface area contributed by atoms with Gasteiger partial charge in [-0.1, -0.05) is 13.3 Å². The number of guanidine groups is 1. The summed E-state index contributed by atoms with van der Waals surface area (Å²) < 4.78 is 39.8. The molecule has 3 N–H and O–H groups in total. The molecule has 1 aromatic carbocycles. The molecule has 2 atom stereocenters. The van der Waals surface area contributed by atoms with E-state index in [1.165, 1.54) is 24.3 Å². The molecule has 20 heavy (non-hydrogen) atoms. The standard InChI is InChI=1S/C13H16F3N3O/c1-2-8-7-11(8)19-12(17)18-9-3-5-10(6-4-9)20-13(14,15)16/h3-6,8,11H,2,7H2,1H3,(H3,17,18,19)/t8-,11-/m1/s1. The van der Waals surface area contributed by atoms with Gasteiger partial charge in [0.2, 0.25) is 0 Å². The zero-order chi connectivity index (χ0) is 14.8. The summed E-state index contributed by atoms with van der Waals surface area (Å²) in [5.74, 6) is 0.597. The Morgan fingerprint density at radius 2 is 2.05 bits per heavy atom. The number of nitrogens with two attached hydrogens (primary N) is 1. The number of ether oxygens (including phenoxy) is 1. The molecule has 1 aliphatic rings. The van der Waals surface area contributed by atoms with Crippen molar-refractivity contribution in [2.45, 2.75) is 32.2 Å². The highest BCUT2D eigenvalue weighted by Gasteiger charge is 2.35. The van der Waals surface area contributed by atoms with Crippen molar-refractivity contribution in [1.82, 2.24) is 0 Å². The Morgan fingerprint density at radius 1 is 1.40 bits per heavy atom. The van der Waals surface area contributed by atoms with Gasteiger partial charge in [-0.25, -0.2) is 4.99 Å². The maximum absolute atomic E-state index is 12.0. The minimum atomic E-state index is -4.68. The summed E-state index contributed by atoms with van der Waals surface area (Å²) in [6.45, 7) is 2.10. The molecule has 1 aliphatic carbocycles. The number of nitrogens with one attached hydrogen (secondary N) is 1. The summed E-state index contributed by atoms with van der Waals surface area (Å²) in [6.07, 6.45) is -2.57. The van der Waals surface area contributed by atoms with Crippen LogP contribution in [-0.2, 0) is 0 Å². The normalized spacial score (nSPS) is 22.5. The van der Waals surface area contributed by atoms with Gasteiger partial charge in [-0.15, -0.1) is 13.2 Å². The van der Waals surface area contributed by atoms with Gasteiger partial charge in [0.1, 0.15) is 5.75 Å². The van der Waals surface area contributed by atoms with Crippen LogP contribution in [-0.4, -0.2) is 18.4 Å². The number of halogens is 3. The molecular weight excluding hydrogens is 271 g/mol. The molecule has 1 fully saturated rings. The summed E-state index contributed by atoms with van der Waals surface area (Å²) in [6, 6.07) is 5.60. The van der Waals surface area contributed by atoms with Gasteiger partial charge in [0.05, 0.1) is 6.04 Å².